The number of fused-ring (bicyclic) bond motifs is 1. The van der Waals surface area contributed by atoms with Crippen LogP contribution in [0.3, 0.4) is 0 Å². The van der Waals surface area contributed by atoms with E-state index in [2.05, 4.69) is 9.97 Å². The zero-order valence-corrected chi connectivity index (χ0v) is 20.5. The number of hydrogen-bond acceptors (Lipinski definition) is 4. The average molecular weight is 525 g/mol. The van der Waals surface area contributed by atoms with Crippen LogP contribution in [0.4, 0.5) is 18.9 Å². The Balaban J connectivity index is 1.51. The Bertz CT molecular complexity index is 1380. The number of H-pyrrole nitrogens is 1. The molecule has 4 rings (SSSR count). The molecule has 0 saturated heterocycles. The largest absolute Gasteiger partial charge is 0.433 e. The van der Waals surface area contributed by atoms with Gasteiger partial charge in [-0.05, 0) is 65.8 Å². The van der Waals surface area contributed by atoms with Gasteiger partial charge in [-0.3, -0.25) is 19.8 Å². The number of hydrogen-bond donors (Lipinski definition) is 3. The predicted molar refractivity (Wildman–Crippen MR) is 138 cm³/mol. The number of anilines is 1. The summed E-state index contributed by atoms with van der Waals surface area (Å²) in [6.07, 6.45) is 1.08. The second-order valence-electron chi connectivity index (χ2n) is 8.91. The van der Waals surface area contributed by atoms with Crippen molar-refractivity contribution in [2.24, 2.45) is 0 Å². The molecule has 0 aliphatic heterocycles. The molecule has 0 aliphatic carbocycles. The summed E-state index contributed by atoms with van der Waals surface area (Å²) in [6.45, 7) is 0.333. The molecule has 2 amide bonds. The molecule has 0 atom stereocenters. The molecule has 38 heavy (non-hydrogen) atoms. The highest BCUT2D eigenvalue weighted by molar-refractivity contribution is 6.06. The summed E-state index contributed by atoms with van der Waals surface area (Å²) in [5.74, 6) is -0.904. The number of halogens is 3. The lowest BCUT2D eigenvalue weighted by Crippen LogP contribution is -2.32. The fraction of sp³-hybridized carbons (Fsp3) is 0.250. The van der Waals surface area contributed by atoms with Gasteiger partial charge in [0.1, 0.15) is 5.69 Å². The number of amides is 2. The van der Waals surface area contributed by atoms with E-state index in [-0.39, 0.29) is 12.0 Å². The first-order chi connectivity index (χ1) is 18.3. The van der Waals surface area contributed by atoms with Crippen LogP contribution >= 0.6 is 0 Å². The summed E-state index contributed by atoms with van der Waals surface area (Å²) in [6, 6.07) is 17.4. The molecule has 0 saturated carbocycles. The van der Waals surface area contributed by atoms with Gasteiger partial charge in [-0.2, -0.15) is 13.2 Å². The van der Waals surface area contributed by atoms with Crippen molar-refractivity contribution in [3.63, 3.8) is 0 Å². The minimum Gasteiger partial charge on any atom is -0.361 e. The Kier molecular flexibility index (Phi) is 8.42. The highest BCUT2D eigenvalue weighted by Gasteiger charge is 2.32. The van der Waals surface area contributed by atoms with E-state index >= 15 is 0 Å². The maximum absolute atomic E-state index is 13.3. The number of aromatic nitrogens is 2. The Hall–Kier alpha value is -4.18. The van der Waals surface area contributed by atoms with E-state index in [9.17, 15) is 22.8 Å². The van der Waals surface area contributed by atoms with Crippen molar-refractivity contribution in [1.82, 2.24) is 15.4 Å². The van der Waals surface area contributed by atoms with Crippen LogP contribution in [0.5, 0.6) is 0 Å². The van der Waals surface area contributed by atoms with Crippen molar-refractivity contribution in [2.45, 2.75) is 38.3 Å². The smallest absolute Gasteiger partial charge is 0.361 e. The normalized spacial score (nSPS) is 11.5. The van der Waals surface area contributed by atoms with E-state index in [1.807, 2.05) is 54.7 Å². The van der Waals surface area contributed by atoms with Crippen molar-refractivity contribution >= 4 is 28.4 Å². The van der Waals surface area contributed by atoms with Gasteiger partial charge in [-0.15, -0.1) is 0 Å². The first-order valence-electron chi connectivity index (χ1n) is 12.2. The Morgan fingerprint density at radius 3 is 2.34 bits per heavy atom. The van der Waals surface area contributed by atoms with E-state index in [1.165, 1.54) is 4.90 Å². The summed E-state index contributed by atoms with van der Waals surface area (Å²) in [5.41, 5.74) is 4.17. The molecular weight excluding hydrogens is 497 g/mol. The van der Waals surface area contributed by atoms with Crippen LogP contribution in [-0.4, -0.2) is 33.5 Å². The molecule has 0 bridgehead atoms. The van der Waals surface area contributed by atoms with Crippen molar-refractivity contribution in [2.75, 3.05) is 11.4 Å². The van der Waals surface area contributed by atoms with Gasteiger partial charge in [0.25, 0.3) is 5.91 Å². The summed E-state index contributed by atoms with van der Waals surface area (Å²) >= 11 is 0. The number of nitrogens with zero attached hydrogens (tertiary/aromatic N) is 2. The van der Waals surface area contributed by atoms with Crippen molar-refractivity contribution in [1.29, 1.82) is 0 Å². The maximum atomic E-state index is 13.3. The van der Waals surface area contributed by atoms with Gasteiger partial charge in [0.2, 0.25) is 5.91 Å². The first-order valence-corrected chi connectivity index (χ1v) is 12.2. The van der Waals surface area contributed by atoms with Gasteiger partial charge in [0, 0.05) is 36.6 Å². The van der Waals surface area contributed by atoms with Crippen LogP contribution in [0.25, 0.3) is 22.0 Å². The zero-order chi connectivity index (χ0) is 27.1. The lowest BCUT2D eigenvalue weighted by Gasteiger charge is -2.23. The molecule has 0 spiro atoms. The van der Waals surface area contributed by atoms with E-state index < -0.39 is 23.7 Å². The third-order valence-corrected chi connectivity index (χ3v) is 6.27. The SMILES string of the molecule is O=C(CCCCCCN(C(=O)c1ccc(C(F)(F)F)nc1)c1ccc(-c2ccc3cc[nH]c3c2)cc1)NO. The van der Waals surface area contributed by atoms with Gasteiger partial charge in [0.15, 0.2) is 0 Å². The number of unbranched alkanes of at least 4 members (excludes halogenated alkanes) is 3. The molecule has 4 aromatic rings. The quantitative estimate of drug-likeness (QED) is 0.128. The number of nitrogens with one attached hydrogen (secondary N) is 2. The standard InChI is InChI=1S/C28H27F3N4O3/c29-28(30,31)25-13-10-22(18-33-25)27(37)35(16-4-2-1-3-5-26(36)34-38)23-11-8-19(9-12-23)21-7-6-20-14-15-32-24(20)17-21/h6-15,17-18,32,38H,1-5,16H2,(H,34,36). The topological polar surface area (TPSA) is 98.3 Å². The summed E-state index contributed by atoms with van der Waals surface area (Å²) in [5, 5.41) is 9.68. The second-order valence-corrected chi connectivity index (χ2v) is 8.91. The summed E-state index contributed by atoms with van der Waals surface area (Å²) < 4.78 is 38.8. The predicted octanol–water partition coefficient (Wildman–Crippen LogP) is 6.35. The molecule has 0 aliphatic rings. The van der Waals surface area contributed by atoms with Gasteiger partial charge in [-0.1, -0.05) is 37.1 Å². The fourth-order valence-electron chi connectivity index (χ4n) is 4.22. The molecule has 0 radical (unpaired) electrons. The molecule has 0 fully saturated rings. The Morgan fingerprint density at radius 2 is 1.66 bits per heavy atom. The van der Waals surface area contributed by atoms with Crippen LogP contribution in [0.1, 0.15) is 48.2 Å². The van der Waals surface area contributed by atoms with Gasteiger partial charge >= 0.3 is 6.18 Å². The van der Waals surface area contributed by atoms with Crippen LogP contribution in [0.15, 0.2) is 73.1 Å². The molecule has 7 nitrogen and oxygen atoms in total. The molecule has 2 heterocycles. The minimum atomic E-state index is -4.59. The number of carbonyl (C=O) groups excluding carboxylic acids is 2. The number of alkyl halides is 3. The van der Waals surface area contributed by atoms with E-state index in [0.717, 1.165) is 53.2 Å². The lowest BCUT2D eigenvalue weighted by atomic mass is 10.0. The maximum Gasteiger partial charge on any atom is 0.433 e. The minimum absolute atomic E-state index is 0.0545. The number of rotatable bonds is 10. The van der Waals surface area contributed by atoms with Crippen molar-refractivity contribution in [3.8, 4) is 11.1 Å². The highest BCUT2D eigenvalue weighted by Crippen LogP contribution is 2.29. The molecule has 10 heteroatoms. The van der Waals surface area contributed by atoms with Gasteiger partial charge in [0.05, 0.1) is 5.56 Å². The van der Waals surface area contributed by atoms with Crippen LogP contribution < -0.4 is 10.4 Å². The van der Waals surface area contributed by atoms with E-state index in [0.29, 0.717) is 25.1 Å². The number of hydroxylamine groups is 1. The van der Waals surface area contributed by atoms with E-state index in [4.69, 9.17) is 5.21 Å². The highest BCUT2D eigenvalue weighted by atomic mass is 19.4. The number of benzene rings is 2. The molecular formula is C28H27F3N4O3. The summed E-state index contributed by atoms with van der Waals surface area (Å²) in [4.78, 5) is 32.7. The number of pyridine rings is 1. The summed E-state index contributed by atoms with van der Waals surface area (Å²) in [7, 11) is 0. The number of aromatic amines is 1. The molecule has 198 valence electrons. The Morgan fingerprint density at radius 1 is 0.921 bits per heavy atom. The lowest BCUT2D eigenvalue weighted by molar-refractivity contribution is -0.141. The second kappa shape index (κ2) is 11.9. The average Bonchev–Trinajstić information content (AvgIpc) is 3.40. The number of carbonyl (C=O) groups is 2. The molecule has 0 unspecified atom stereocenters. The first kappa shape index (κ1) is 26.9. The monoisotopic (exact) mass is 524 g/mol. The zero-order valence-electron chi connectivity index (χ0n) is 20.5. The molecule has 3 N–H and O–H groups in total. The Labute approximate surface area is 217 Å². The third-order valence-electron chi connectivity index (χ3n) is 6.27. The third kappa shape index (κ3) is 6.57. The van der Waals surface area contributed by atoms with Crippen LogP contribution in [0, 0.1) is 0 Å². The van der Waals surface area contributed by atoms with Gasteiger partial charge in [-0.25, -0.2) is 5.48 Å². The van der Waals surface area contributed by atoms with Crippen molar-refractivity contribution in [3.05, 3.63) is 84.3 Å². The van der Waals surface area contributed by atoms with E-state index in [1.54, 1.807) is 5.48 Å². The van der Waals surface area contributed by atoms with Crippen molar-refractivity contribution < 1.29 is 28.0 Å². The fourth-order valence-corrected chi connectivity index (χ4v) is 4.22. The molecule has 2 aromatic carbocycles. The van der Waals surface area contributed by atoms with Crippen LogP contribution in [-0.2, 0) is 11.0 Å². The van der Waals surface area contributed by atoms with Crippen LogP contribution in [0.2, 0.25) is 0 Å². The molecule has 2 aromatic heterocycles. The van der Waals surface area contributed by atoms with Gasteiger partial charge < -0.3 is 9.88 Å².